The van der Waals surface area contributed by atoms with Crippen LogP contribution in [-0.2, 0) is 13.5 Å². The Morgan fingerprint density at radius 1 is 1.05 bits per heavy atom. The minimum atomic E-state index is -0.523. The van der Waals surface area contributed by atoms with E-state index in [2.05, 4.69) is 57.0 Å². The maximum Gasteiger partial charge on any atom is 0.229 e. The van der Waals surface area contributed by atoms with Gasteiger partial charge in [-0.15, -0.1) is 0 Å². The predicted molar refractivity (Wildman–Crippen MR) is 150 cm³/mol. The molecule has 0 unspecified atom stereocenters. The van der Waals surface area contributed by atoms with Crippen molar-refractivity contribution < 1.29 is 9.13 Å². The first-order chi connectivity index (χ1) is 17.9. The predicted octanol–water partition coefficient (Wildman–Crippen LogP) is 5.26. The van der Waals surface area contributed by atoms with Crippen LogP contribution >= 0.6 is 7.92 Å². The van der Waals surface area contributed by atoms with E-state index in [1.54, 1.807) is 0 Å². The lowest BCUT2D eigenvalue weighted by Crippen LogP contribution is -2.20. The summed E-state index contributed by atoms with van der Waals surface area (Å²) in [4.78, 5) is 10.9. The van der Waals surface area contributed by atoms with Crippen LogP contribution in [0.2, 0.25) is 0 Å². The third-order valence-corrected chi connectivity index (χ3v) is 7.83. The Kier molecular flexibility index (Phi) is 6.98. The summed E-state index contributed by atoms with van der Waals surface area (Å²) in [6.45, 7) is 7.64. The summed E-state index contributed by atoms with van der Waals surface area (Å²) in [7, 11) is 3.67. The summed E-state index contributed by atoms with van der Waals surface area (Å²) in [6, 6.07) is 12.0. The molecular formula is C27H31FN7OP. The molecule has 0 saturated heterocycles. The van der Waals surface area contributed by atoms with E-state index < -0.39 is 5.82 Å². The first-order valence-corrected chi connectivity index (χ1v) is 14.5. The lowest BCUT2D eigenvalue weighted by atomic mass is 10.0. The van der Waals surface area contributed by atoms with Gasteiger partial charge in [0.25, 0.3) is 0 Å². The zero-order valence-electron chi connectivity index (χ0n) is 21.7. The van der Waals surface area contributed by atoms with Crippen molar-refractivity contribution in [3.05, 3.63) is 60.3 Å². The van der Waals surface area contributed by atoms with Crippen LogP contribution in [0.5, 0.6) is 5.75 Å². The minimum absolute atomic E-state index is 0.115. The monoisotopic (exact) mass is 519 g/mol. The number of likely N-dealkylation sites (N-methyl/N-ethyl adjacent to an activating group) is 1. The number of aryl methyl sites for hydroxylation is 1. The lowest BCUT2D eigenvalue weighted by molar-refractivity contribution is 0.342. The molecule has 3 heterocycles. The topological polar surface area (TPSA) is 80.1 Å². The number of ether oxygens (including phenoxy) is 1. The van der Waals surface area contributed by atoms with Crippen LogP contribution in [0.25, 0.3) is 11.1 Å². The van der Waals surface area contributed by atoms with E-state index in [9.17, 15) is 4.39 Å². The molecule has 2 aromatic heterocycles. The highest BCUT2D eigenvalue weighted by Crippen LogP contribution is 2.42. The molecule has 37 heavy (non-hydrogen) atoms. The van der Waals surface area contributed by atoms with Crippen molar-refractivity contribution in [3.63, 3.8) is 0 Å². The molecule has 5 rings (SSSR count). The average molecular weight is 520 g/mol. The largest absolute Gasteiger partial charge is 0.492 e. The second kappa shape index (κ2) is 10.3. The molecule has 0 bridgehead atoms. The molecule has 0 saturated carbocycles. The number of nitrogens with one attached hydrogen (secondary N) is 2. The van der Waals surface area contributed by atoms with Crippen molar-refractivity contribution in [1.29, 1.82) is 0 Å². The summed E-state index contributed by atoms with van der Waals surface area (Å²) in [5.74, 6) is 0.538. The number of hydrogen-bond acceptors (Lipinski definition) is 7. The molecule has 8 nitrogen and oxygen atoms in total. The Hall–Kier alpha value is -3.71. The molecule has 0 amide bonds. The maximum atomic E-state index is 14.8. The molecule has 4 aromatic rings. The molecular weight excluding hydrogens is 488 g/mol. The van der Waals surface area contributed by atoms with E-state index in [1.807, 2.05) is 55.2 Å². The second-order valence-corrected chi connectivity index (χ2v) is 11.4. The van der Waals surface area contributed by atoms with Gasteiger partial charge in [-0.1, -0.05) is 26.1 Å². The number of hydrogen-bond donors (Lipinski definition) is 2. The molecule has 0 fully saturated rings. The number of anilines is 5. The molecule has 0 radical (unpaired) electrons. The molecule has 10 heteroatoms. The zero-order chi connectivity index (χ0) is 26.1. The fourth-order valence-corrected chi connectivity index (χ4v) is 5.58. The van der Waals surface area contributed by atoms with Crippen molar-refractivity contribution in [1.82, 2.24) is 19.7 Å². The maximum absolute atomic E-state index is 14.8. The number of rotatable bonds is 7. The third kappa shape index (κ3) is 4.96. The SMILES string of the molecule is CCOc1cc2c(cc1Nc1ncc(F)c(Nc3ccccc3P(C)C)n1)-c1cnn(C)c1CCN2C. The van der Waals surface area contributed by atoms with Gasteiger partial charge in [-0.05, 0) is 37.7 Å². The Balaban J connectivity index is 1.53. The van der Waals surface area contributed by atoms with Crippen molar-refractivity contribution in [3.8, 4) is 16.9 Å². The Labute approximate surface area is 217 Å². The second-order valence-electron chi connectivity index (χ2n) is 9.15. The van der Waals surface area contributed by atoms with Crippen LogP contribution in [0.1, 0.15) is 12.6 Å². The van der Waals surface area contributed by atoms with Gasteiger partial charge >= 0.3 is 0 Å². The number of para-hydroxylation sites is 1. The van der Waals surface area contributed by atoms with Gasteiger partial charge in [-0.2, -0.15) is 10.1 Å². The van der Waals surface area contributed by atoms with Gasteiger partial charge < -0.3 is 20.3 Å². The summed E-state index contributed by atoms with van der Waals surface area (Å²) >= 11 is 0. The van der Waals surface area contributed by atoms with Crippen LogP contribution in [-0.4, -0.2) is 53.3 Å². The standard InChI is InChI=1S/C27H31FN7OP/c1-6-36-24-14-23-17(18-15-30-35(3)22(18)11-12-34(23)2)13-21(24)32-27-29-16-19(28)26(33-27)31-20-9-7-8-10-25(20)37(4)5/h7-10,13-16H,6,11-12H2,1-5H3,(H2,29,31,32,33). The quantitative estimate of drug-likeness (QED) is 0.323. The highest BCUT2D eigenvalue weighted by Gasteiger charge is 2.24. The van der Waals surface area contributed by atoms with E-state index >= 15 is 0 Å². The molecule has 192 valence electrons. The van der Waals surface area contributed by atoms with E-state index in [0.717, 1.165) is 40.8 Å². The van der Waals surface area contributed by atoms with Crippen molar-refractivity contribution >= 4 is 42.1 Å². The minimum Gasteiger partial charge on any atom is -0.492 e. The molecule has 1 aliphatic heterocycles. The zero-order valence-corrected chi connectivity index (χ0v) is 22.6. The number of halogens is 1. The fourth-order valence-electron chi connectivity index (χ4n) is 4.58. The van der Waals surface area contributed by atoms with E-state index in [1.165, 1.54) is 11.9 Å². The molecule has 1 aliphatic rings. The van der Waals surface area contributed by atoms with Crippen molar-refractivity contribution in [2.45, 2.75) is 13.3 Å². The summed E-state index contributed by atoms with van der Waals surface area (Å²) in [6.07, 6.45) is 3.97. The summed E-state index contributed by atoms with van der Waals surface area (Å²) in [5, 5.41) is 12.1. The Bertz CT molecular complexity index is 1440. The highest BCUT2D eigenvalue weighted by atomic mass is 31.1. The average Bonchev–Trinajstić information content (AvgIpc) is 3.19. The number of aromatic nitrogens is 4. The first-order valence-electron chi connectivity index (χ1n) is 12.2. The van der Waals surface area contributed by atoms with Crippen LogP contribution < -0.4 is 25.6 Å². The molecule has 0 spiro atoms. The van der Waals surface area contributed by atoms with Gasteiger partial charge in [0.15, 0.2) is 11.6 Å². The van der Waals surface area contributed by atoms with Gasteiger partial charge in [-0.25, -0.2) is 9.37 Å². The van der Waals surface area contributed by atoms with E-state index in [0.29, 0.717) is 18.0 Å². The first kappa shape index (κ1) is 25.0. The number of benzene rings is 2. The molecule has 2 N–H and O–H groups in total. The van der Waals surface area contributed by atoms with Crippen LogP contribution in [0.3, 0.4) is 0 Å². The summed E-state index contributed by atoms with van der Waals surface area (Å²) < 4.78 is 22.7. The molecule has 0 aliphatic carbocycles. The number of nitrogens with zero attached hydrogens (tertiary/aromatic N) is 5. The normalized spacial score (nSPS) is 12.7. The van der Waals surface area contributed by atoms with Crippen LogP contribution in [0.15, 0.2) is 48.8 Å². The van der Waals surface area contributed by atoms with Gasteiger partial charge in [-0.3, -0.25) is 4.68 Å². The smallest absolute Gasteiger partial charge is 0.229 e. The molecule has 0 atom stereocenters. The Morgan fingerprint density at radius 3 is 2.65 bits per heavy atom. The fraction of sp³-hybridized carbons (Fsp3) is 0.296. The van der Waals surface area contributed by atoms with Gasteiger partial charge in [0.05, 0.1) is 24.7 Å². The Morgan fingerprint density at radius 2 is 1.86 bits per heavy atom. The highest BCUT2D eigenvalue weighted by molar-refractivity contribution is 7.64. The van der Waals surface area contributed by atoms with Gasteiger partial charge in [0.2, 0.25) is 5.95 Å². The molecule has 2 aromatic carbocycles. The van der Waals surface area contributed by atoms with Crippen LogP contribution in [0, 0.1) is 5.82 Å². The van der Waals surface area contributed by atoms with E-state index in [4.69, 9.17) is 4.74 Å². The van der Waals surface area contributed by atoms with Crippen molar-refractivity contribution in [2.75, 3.05) is 49.1 Å². The lowest BCUT2D eigenvalue weighted by Gasteiger charge is -2.22. The third-order valence-electron chi connectivity index (χ3n) is 6.47. The van der Waals surface area contributed by atoms with Gasteiger partial charge in [0.1, 0.15) is 5.75 Å². The van der Waals surface area contributed by atoms with Crippen molar-refractivity contribution in [2.24, 2.45) is 7.05 Å². The summed E-state index contributed by atoms with van der Waals surface area (Å²) in [5.41, 5.74) is 5.92. The number of fused-ring (bicyclic) bond motifs is 3. The van der Waals surface area contributed by atoms with Crippen LogP contribution in [0.4, 0.5) is 33.2 Å². The van der Waals surface area contributed by atoms with E-state index in [-0.39, 0.29) is 19.7 Å². The van der Waals surface area contributed by atoms with Gasteiger partial charge in [0, 0.05) is 61.3 Å².